The molecule has 14 heavy (non-hydrogen) atoms. The van der Waals surface area contributed by atoms with E-state index in [1.165, 1.54) is 23.2 Å². The summed E-state index contributed by atoms with van der Waals surface area (Å²) in [6.07, 6.45) is 3.93. The van der Waals surface area contributed by atoms with Crippen molar-refractivity contribution in [3.8, 4) is 0 Å². The number of carbonyl (C=O) groups excluding carboxylic acids is 1. The molecule has 1 N–H and O–H groups in total. The van der Waals surface area contributed by atoms with Gasteiger partial charge in [-0.05, 0) is 42.5 Å². The van der Waals surface area contributed by atoms with Crippen LogP contribution in [-0.2, 0) is 12.8 Å². The van der Waals surface area contributed by atoms with Crippen LogP contribution >= 0.6 is 0 Å². The van der Waals surface area contributed by atoms with Gasteiger partial charge in [-0.25, -0.2) is 0 Å². The fraction of sp³-hybridized carbons (Fsp3) is 0.417. The smallest absolute Gasteiger partial charge is 0.163 e. The molecule has 0 saturated heterocycles. The maximum Gasteiger partial charge on any atom is 0.163 e. The molecule has 1 heterocycles. The van der Waals surface area contributed by atoms with Crippen molar-refractivity contribution in [1.29, 1.82) is 0 Å². The van der Waals surface area contributed by atoms with Gasteiger partial charge < -0.3 is 5.32 Å². The minimum atomic E-state index is 0.327. The molecule has 0 amide bonds. The number of rotatable bonds is 0. The summed E-state index contributed by atoms with van der Waals surface area (Å²) >= 11 is 0. The zero-order valence-corrected chi connectivity index (χ0v) is 8.10. The minimum absolute atomic E-state index is 0.327. The van der Waals surface area contributed by atoms with Gasteiger partial charge >= 0.3 is 0 Å². The first-order valence-corrected chi connectivity index (χ1v) is 5.27. The average molecular weight is 187 g/mol. The second-order valence-electron chi connectivity index (χ2n) is 4.12. The van der Waals surface area contributed by atoms with Crippen LogP contribution in [0.1, 0.15) is 34.3 Å². The third-order valence-corrected chi connectivity index (χ3v) is 3.19. The number of fused-ring (bicyclic) bond motifs is 2. The summed E-state index contributed by atoms with van der Waals surface area (Å²) in [5, 5.41) is 3.40. The second kappa shape index (κ2) is 2.84. The Morgan fingerprint density at radius 1 is 1.07 bits per heavy atom. The Balaban J connectivity index is 2.15. The van der Waals surface area contributed by atoms with E-state index in [0.29, 0.717) is 12.2 Å². The Morgan fingerprint density at radius 3 is 2.93 bits per heavy atom. The number of hydrogen-bond acceptors (Lipinski definition) is 2. The van der Waals surface area contributed by atoms with Crippen molar-refractivity contribution in [2.24, 2.45) is 0 Å². The minimum Gasteiger partial charge on any atom is -0.385 e. The predicted molar refractivity (Wildman–Crippen MR) is 55.9 cm³/mol. The van der Waals surface area contributed by atoms with Crippen LogP contribution < -0.4 is 5.32 Å². The molecule has 1 aromatic rings. The van der Waals surface area contributed by atoms with E-state index in [9.17, 15) is 4.79 Å². The average Bonchev–Trinajstić information content (AvgIpc) is 2.57. The van der Waals surface area contributed by atoms with Crippen LogP contribution in [0.3, 0.4) is 0 Å². The molecule has 1 aliphatic carbocycles. The Kier molecular flexibility index (Phi) is 1.63. The number of nitrogens with one attached hydrogen (secondary N) is 1. The number of anilines is 1. The van der Waals surface area contributed by atoms with Crippen molar-refractivity contribution >= 4 is 11.5 Å². The highest BCUT2D eigenvalue weighted by Crippen LogP contribution is 2.30. The van der Waals surface area contributed by atoms with Gasteiger partial charge in [0.1, 0.15) is 0 Å². The van der Waals surface area contributed by atoms with Gasteiger partial charge in [-0.15, -0.1) is 0 Å². The van der Waals surface area contributed by atoms with Crippen LogP contribution in [0.5, 0.6) is 0 Å². The van der Waals surface area contributed by atoms with Crippen LogP contribution in [0.4, 0.5) is 5.69 Å². The number of Topliss-reactive ketones (excluding diaryl/α,β-unsaturated/α-hetero) is 1. The molecular weight excluding hydrogens is 174 g/mol. The van der Waals surface area contributed by atoms with Crippen molar-refractivity contribution in [3.63, 3.8) is 0 Å². The molecule has 0 spiro atoms. The lowest BCUT2D eigenvalue weighted by atomic mass is 9.98. The maximum absolute atomic E-state index is 11.5. The molecule has 3 rings (SSSR count). The largest absolute Gasteiger partial charge is 0.385 e. The summed E-state index contributed by atoms with van der Waals surface area (Å²) in [7, 11) is 0. The van der Waals surface area contributed by atoms with Crippen molar-refractivity contribution < 1.29 is 4.79 Å². The van der Waals surface area contributed by atoms with Crippen molar-refractivity contribution in [3.05, 3.63) is 28.8 Å². The second-order valence-corrected chi connectivity index (χ2v) is 4.12. The highest BCUT2D eigenvalue weighted by atomic mass is 16.1. The number of hydrogen-bond donors (Lipinski definition) is 1. The van der Waals surface area contributed by atoms with Gasteiger partial charge in [-0.1, -0.05) is 0 Å². The molecule has 0 fully saturated rings. The fourth-order valence-corrected chi connectivity index (χ4v) is 2.41. The first kappa shape index (κ1) is 8.04. The zero-order chi connectivity index (χ0) is 9.54. The predicted octanol–water partition coefficient (Wildman–Crippen LogP) is 2.17. The molecule has 0 aromatic heterocycles. The van der Waals surface area contributed by atoms with Crippen molar-refractivity contribution in [2.45, 2.75) is 25.7 Å². The van der Waals surface area contributed by atoms with Gasteiger partial charge in [0, 0.05) is 24.2 Å². The standard InChI is InChI=1S/C12H13NO/c14-12-4-3-8-7-11-9(6-10(8)12)2-1-5-13-11/h6-7,13H,1-5H2. The van der Waals surface area contributed by atoms with Gasteiger partial charge in [0.05, 0.1) is 0 Å². The molecule has 72 valence electrons. The third kappa shape index (κ3) is 1.07. The van der Waals surface area contributed by atoms with Crippen LogP contribution in [0.2, 0.25) is 0 Å². The number of aryl methyl sites for hydroxylation is 2. The normalized spacial score (nSPS) is 18.7. The lowest BCUT2D eigenvalue weighted by molar-refractivity contribution is 0.0994. The first-order valence-electron chi connectivity index (χ1n) is 5.27. The lowest BCUT2D eigenvalue weighted by Crippen LogP contribution is -2.12. The highest BCUT2D eigenvalue weighted by Gasteiger charge is 2.22. The molecule has 2 aliphatic rings. The van der Waals surface area contributed by atoms with E-state index in [1.807, 2.05) is 0 Å². The van der Waals surface area contributed by atoms with Gasteiger partial charge in [-0.3, -0.25) is 4.79 Å². The van der Waals surface area contributed by atoms with E-state index in [2.05, 4.69) is 17.4 Å². The van der Waals surface area contributed by atoms with Crippen LogP contribution in [0.15, 0.2) is 12.1 Å². The van der Waals surface area contributed by atoms with E-state index >= 15 is 0 Å². The topological polar surface area (TPSA) is 29.1 Å². The van der Waals surface area contributed by atoms with E-state index < -0.39 is 0 Å². The Hall–Kier alpha value is -1.31. The molecule has 0 atom stereocenters. The first-order chi connectivity index (χ1) is 6.84. The molecular formula is C12H13NO. The van der Waals surface area contributed by atoms with Crippen LogP contribution in [0, 0.1) is 0 Å². The molecule has 1 aliphatic heterocycles. The summed E-state index contributed by atoms with van der Waals surface area (Å²) in [5.41, 5.74) is 4.80. The molecule has 1 aromatic carbocycles. The van der Waals surface area contributed by atoms with Gasteiger partial charge in [0.15, 0.2) is 5.78 Å². The van der Waals surface area contributed by atoms with E-state index in [-0.39, 0.29) is 0 Å². The summed E-state index contributed by atoms with van der Waals surface area (Å²) in [6.45, 7) is 1.07. The quantitative estimate of drug-likeness (QED) is 0.674. The monoisotopic (exact) mass is 187 g/mol. The van der Waals surface area contributed by atoms with Crippen molar-refractivity contribution in [2.75, 3.05) is 11.9 Å². The van der Waals surface area contributed by atoms with E-state index in [0.717, 1.165) is 24.9 Å². The Bertz CT molecular complexity index is 409. The Morgan fingerprint density at radius 2 is 2.00 bits per heavy atom. The molecule has 2 nitrogen and oxygen atoms in total. The Labute approximate surface area is 83.3 Å². The van der Waals surface area contributed by atoms with Gasteiger partial charge in [0.2, 0.25) is 0 Å². The fourth-order valence-electron chi connectivity index (χ4n) is 2.41. The third-order valence-electron chi connectivity index (χ3n) is 3.19. The van der Waals surface area contributed by atoms with Crippen LogP contribution in [-0.4, -0.2) is 12.3 Å². The number of benzene rings is 1. The number of carbonyl (C=O) groups is 1. The van der Waals surface area contributed by atoms with E-state index in [1.54, 1.807) is 0 Å². The van der Waals surface area contributed by atoms with Crippen molar-refractivity contribution in [1.82, 2.24) is 0 Å². The summed E-state index contributed by atoms with van der Waals surface area (Å²) in [5.74, 6) is 0.327. The molecule has 0 unspecified atom stereocenters. The van der Waals surface area contributed by atoms with Crippen LogP contribution in [0.25, 0.3) is 0 Å². The van der Waals surface area contributed by atoms with E-state index in [4.69, 9.17) is 0 Å². The summed E-state index contributed by atoms with van der Waals surface area (Å²) in [4.78, 5) is 11.5. The molecule has 2 heteroatoms. The zero-order valence-electron chi connectivity index (χ0n) is 8.10. The molecule has 0 saturated carbocycles. The SMILES string of the molecule is O=C1CCc2cc3c(cc21)CCCN3. The highest BCUT2D eigenvalue weighted by molar-refractivity contribution is 6.01. The summed E-state index contributed by atoms with van der Waals surface area (Å²) < 4.78 is 0. The maximum atomic E-state index is 11.5. The van der Waals surface area contributed by atoms with Gasteiger partial charge in [0.25, 0.3) is 0 Å². The lowest BCUT2D eigenvalue weighted by Gasteiger charge is -2.18. The number of ketones is 1. The molecule has 0 bridgehead atoms. The summed E-state index contributed by atoms with van der Waals surface area (Å²) in [6, 6.07) is 4.28. The van der Waals surface area contributed by atoms with Gasteiger partial charge in [-0.2, -0.15) is 0 Å². The molecule has 0 radical (unpaired) electrons.